The van der Waals surface area contributed by atoms with E-state index in [9.17, 15) is 9.59 Å². The molecule has 2 heterocycles. The zero-order valence-corrected chi connectivity index (χ0v) is 17.1. The molecule has 1 fully saturated rings. The molecule has 1 unspecified atom stereocenters. The van der Waals surface area contributed by atoms with E-state index in [-0.39, 0.29) is 24.2 Å². The zero-order valence-electron chi connectivity index (χ0n) is 16.3. The average Bonchev–Trinajstić information content (AvgIpc) is 3.12. The fourth-order valence-corrected chi connectivity index (χ4v) is 3.35. The molecule has 152 valence electrons. The van der Waals surface area contributed by atoms with Gasteiger partial charge in [0.25, 0.3) is 5.91 Å². The van der Waals surface area contributed by atoms with Gasteiger partial charge < -0.3 is 16.0 Å². The fraction of sp³-hybridized carbons (Fsp3) is 0.450. The van der Waals surface area contributed by atoms with Crippen molar-refractivity contribution in [2.24, 2.45) is 18.7 Å². The lowest BCUT2D eigenvalue weighted by atomic mass is 9.95. The number of nitrogens with two attached hydrogens (primary N) is 1. The third-order valence-corrected chi connectivity index (χ3v) is 5.15. The van der Waals surface area contributed by atoms with E-state index in [0.717, 1.165) is 24.0 Å². The molecular weight excluding hydrogens is 378 g/mol. The van der Waals surface area contributed by atoms with Crippen LogP contribution in [0.2, 0.25) is 0 Å². The van der Waals surface area contributed by atoms with Crippen LogP contribution in [-0.2, 0) is 11.8 Å². The van der Waals surface area contributed by atoms with Crippen LogP contribution in [0.4, 0.5) is 0 Å². The van der Waals surface area contributed by atoms with Gasteiger partial charge in [0.1, 0.15) is 6.04 Å². The van der Waals surface area contributed by atoms with Crippen LogP contribution in [0.1, 0.15) is 40.4 Å². The number of aromatic nitrogens is 2. The summed E-state index contributed by atoms with van der Waals surface area (Å²) in [5.74, 6) is 0.227. The summed E-state index contributed by atoms with van der Waals surface area (Å²) < 4.78 is 1.61. The summed E-state index contributed by atoms with van der Waals surface area (Å²) in [6.45, 7) is 3.96. The molecular formula is C20H28ClN5O2. The van der Waals surface area contributed by atoms with Gasteiger partial charge in [0.05, 0.1) is 11.8 Å². The van der Waals surface area contributed by atoms with Gasteiger partial charge in [0.2, 0.25) is 5.91 Å². The van der Waals surface area contributed by atoms with E-state index in [1.165, 1.54) is 0 Å². The highest BCUT2D eigenvalue weighted by Gasteiger charge is 2.27. The van der Waals surface area contributed by atoms with Crippen molar-refractivity contribution in [3.63, 3.8) is 0 Å². The summed E-state index contributed by atoms with van der Waals surface area (Å²) in [6.07, 6.45) is 4.98. The Labute approximate surface area is 171 Å². The van der Waals surface area contributed by atoms with Gasteiger partial charge in [0, 0.05) is 32.9 Å². The Bertz CT molecular complexity index is 797. The lowest BCUT2D eigenvalue weighted by Gasteiger charge is -2.33. The molecule has 1 atom stereocenters. The number of carbonyl (C=O) groups is 2. The van der Waals surface area contributed by atoms with Crippen LogP contribution in [0.3, 0.4) is 0 Å². The molecule has 0 spiro atoms. The first kappa shape index (κ1) is 21.9. The molecule has 3 N–H and O–H groups in total. The van der Waals surface area contributed by atoms with E-state index < -0.39 is 6.04 Å². The van der Waals surface area contributed by atoms with Crippen LogP contribution in [0.25, 0.3) is 0 Å². The Hall–Kier alpha value is -2.38. The molecule has 8 heteroatoms. The standard InChI is InChI=1S/C20H27N5O2.ClH/c1-14-3-5-16(6-4-14)18(21)20(27)25-9-7-15(8-10-25)11-22-19(26)17-12-23-24(2)13-17;/h3-6,12-13,15,18H,7-11,21H2,1-2H3,(H,22,26);1H. The molecule has 3 rings (SSSR count). The second-order valence-corrected chi connectivity index (χ2v) is 7.27. The number of rotatable bonds is 5. The molecule has 1 saturated heterocycles. The summed E-state index contributed by atoms with van der Waals surface area (Å²) >= 11 is 0. The Morgan fingerprint density at radius 1 is 1.25 bits per heavy atom. The van der Waals surface area contributed by atoms with Gasteiger partial charge >= 0.3 is 0 Å². The molecule has 1 aromatic heterocycles. The molecule has 1 aliphatic heterocycles. The van der Waals surface area contributed by atoms with Crippen molar-refractivity contribution < 1.29 is 9.59 Å². The van der Waals surface area contributed by atoms with Crippen LogP contribution in [0.5, 0.6) is 0 Å². The number of nitrogens with one attached hydrogen (secondary N) is 1. The van der Waals surface area contributed by atoms with Crippen LogP contribution < -0.4 is 11.1 Å². The van der Waals surface area contributed by atoms with Crippen molar-refractivity contribution in [3.8, 4) is 0 Å². The molecule has 0 radical (unpaired) electrons. The third-order valence-electron chi connectivity index (χ3n) is 5.15. The van der Waals surface area contributed by atoms with E-state index in [1.54, 1.807) is 24.1 Å². The summed E-state index contributed by atoms with van der Waals surface area (Å²) in [6, 6.07) is 7.16. The van der Waals surface area contributed by atoms with Gasteiger partial charge in [-0.2, -0.15) is 5.10 Å². The maximum absolute atomic E-state index is 12.7. The number of hydrogen-bond acceptors (Lipinski definition) is 4. The molecule has 0 saturated carbocycles. The van der Waals surface area contributed by atoms with Crippen molar-refractivity contribution in [2.75, 3.05) is 19.6 Å². The van der Waals surface area contributed by atoms with Crippen molar-refractivity contribution in [3.05, 3.63) is 53.3 Å². The summed E-state index contributed by atoms with van der Waals surface area (Å²) in [5.41, 5.74) is 8.72. The second kappa shape index (κ2) is 9.71. The van der Waals surface area contributed by atoms with E-state index >= 15 is 0 Å². The summed E-state index contributed by atoms with van der Waals surface area (Å²) in [4.78, 5) is 26.6. The number of nitrogens with zero attached hydrogens (tertiary/aromatic N) is 3. The molecule has 0 aliphatic carbocycles. The van der Waals surface area contributed by atoms with Crippen molar-refractivity contribution in [2.45, 2.75) is 25.8 Å². The summed E-state index contributed by atoms with van der Waals surface area (Å²) in [7, 11) is 1.78. The first-order chi connectivity index (χ1) is 12.9. The van der Waals surface area contributed by atoms with Crippen LogP contribution in [0.15, 0.2) is 36.7 Å². The number of piperidine rings is 1. The van der Waals surface area contributed by atoms with E-state index in [4.69, 9.17) is 5.73 Å². The number of aryl methyl sites for hydroxylation is 2. The van der Waals surface area contributed by atoms with Gasteiger partial charge in [-0.25, -0.2) is 0 Å². The van der Waals surface area contributed by atoms with Gasteiger partial charge in [-0.15, -0.1) is 12.4 Å². The van der Waals surface area contributed by atoms with Crippen molar-refractivity contribution in [1.29, 1.82) is 0 Å². The predicted molar refractivity (Wildman–Crippen MR) is 110 cm³/mol. The van der Waals surface area contributed by atoms with Gasteiger partial charge in [-0.3, -0.25) is 14.3 Å². The number of amides is 2. The van der Waals surface area contributed by atoms with E-state index in [1.807, 2.05) is 36.1 Å². The number of carbonyl (C=O) groups excluding carboxylic acids is 2. The molecule has 7 nitrogen and oxygen atoms in total. The van der Waals surface area contributed by atoms with Crippen LogP contribution in [-0.4, -0.2) is 46.1 Å². The highest BCUT2D eigenvalue weighted by Crippen LogP contribution is 2.21. The zero-order chi connectivity index (χ0) is 19.4. The molecule has 1 aromatic carbocycles. The third kappa shape index (κ3) is 5.33. The molecule has 2 aromatic rings. The average molecular weight is 406 g/mol. The number of hydrogen-bond donors (Lipinski definition) is 2. The van der Waals surface area contributed by atoms with Crippen LogP contribution >= 0.6 is 12.4 Å². The molecule has 28 heavy (non-hydrogen) atoms. The van der Waals surface area contributed by atoms with E-state index in [2.05, 4.69) is 10.4 Å². The molecule has 2 amide bonds. The van der Waals surface area contributed by atoms with Crippen molar-refractivity contribution >= 4 is 24.2 Å². The molecule has 0 bridgehead atoms. The summed E-state index contributed by atoms with van der Waals surface area (Å²) in [5, 5.41) is 6.97. The lowest BCUT2D eigenvalue weighted by Crippen LogP contribution is -2.45. The monoisotopic (exact) mass is 405 g/mol. The van der Waals surface area contributed by atoms with E-state index in [0.29, 0.717) is 31.1 Å². The Balaban J connectivity index is 0.00000280. The fourth-order valence-electron chi connectivity index (χ4n) is 3.35. The molecule has 1 aliphatic rings. The van der Waals surface area contributed by atoms with Crippen molar-refractivity contribution in [1.82, 2.24) is 20.0 Å². The Kier molecular flexibility index (Phi) is 7.60. The normalized spacial score (nSPS) is 15.6. The quantitative estimate of drug-likeness (QED) is 0.793. The SMILES string of the molecule is Cc1ccc(C(N)C(=O)N2CCC(CNC(=O)c3cnn(C)c3)CC2)cc1.Cl. The second-order valence-electron chi connectivity index (χ2n) is 7.27. The maximum atomic E-state index is 12.7. The maximum Gasteiger partial charge on any atom is 0.254 e. The van der Waals surface area contributed by atoms with Gasteiger partial charge in [-0.05, 0) is 31.2 Å². The highest BCUT2D eigenvalue weighted by molar-refractivity contribution is 5.93. The topological polar surface area (TPSA) is 93.2 Å². The Morgan fingerprint density at radius 2 is 1.89 bits per heavy atom. The minimum Gasteiger partial charge on any atom is -0.352 e. The minimum atomic E-state index is -0.618. The van der Waals surface area contributed by atoms with Crippen LogP contribution in [0, 0.1) is 12.8 Å². The van der Waals surface area contributed by atoms with Gasteiger partial charge in [0.15, 0.2) is 0 Å². The van der Waals surface area contributed by atoms with Gasteiger partial charge in [-0.1, -0.05) is 29.8 Å². The lowest BCUT2D eigenvalue weighted by molar-refractivity contribution is -0.134. The Morgan fingerprint density at radius 3 is 2.46 bits per heavy atom. The predicted octanol–water partition coefficient (Wildman–Crippen LogP) is 1.82. The number of benzene rings is 1. The minimum absolute atomic E-state index is 0. The smallest absolute Gasteiger partial charge is 0.254 e. The number of likely N-dealkylation sites (tertiary alicyclic amines) is 1. The first-order valence-corrected chi connectivity index (χ1v) is 9.32. The number of halogens is 1. The highest BCUT2D eigenvalue weighted by atomic mass is 35.5. The largest absolute Gasteiger partial charge is 0.352 e. The first-order valence-electron chi connectivity index (χ1n) is 9.32.